The van der Waals surface area contributed by atoms with Crippen molar-refractivity contribution in [3.05, 3.63) is 11.6 Å². The summed E-state index contributed by atoms with van der Waals surface area (Å²) < 4.78 is 0. The van der Waals surface area contributed by atoms with Crippen LogP contribution in [-0.2, 0) is 4.79 Å². The topological polar surface area (TPSA) is 37.3 Å². The van der Waals surface area contributed by atoms with Crippen molar-refractivity contribution in [2.75, 3.05) is 0 Å². The smallest absolute Gasteiger partial charge is 0.155 e. The van der Waals surface area contributed by atoms with Gasteiger partial charge in [-0.3, -0.25) is 4.79 Å². The summed E-state index contributed by atoms with van der Waals surface area (Å²) >= 11 is 0. The normalized spacial score (nSPS) is 35.6. The Morgan fingerprint density at radius 1 is 1.28 bits per heavy atom. The number of allylic oxidation sites excluding steroid dienone is 1. The molecule has 1 saturated carbocycles. The first kappa shape index (κ1) is 13.6. The maximum Gasteiger partial charge on any atom is 0.155 e. The van der Waals surface area contributed by atoms with E-state index in [1.165, 1.54) is 0 Å². The molecule has 0 saturated heterocycles. The average molecular weight is 262 g/mol. The Labute approximate surface area is 110 Å². The van der Waals surface area contributed by atoms with E-state index in [1.807, 2.05) is 0 Å². The lowest BCUT2D eigenvalue weighted by atomic mass is 9.68. The molecular formula is C15H22O2Si. The van der Waals surface area contributed by atoms with E-state index in [1.54, 1.807) is 6.08 Å². The summed E-state index contributed by atoms with van der Waals surface area (Å²) in [6.45, 7) is 8.61. The number of fused-ring (bicyclic) bond motifs is 1. The zero-order chi connectivity index (χ0) is 13.6. The number of ketones is 1. The van der Waals surface area contributed by atoms with E-state index in [4.69, 9.17) is 0 Å². The molecule has 0 aromatic carbocycles. The minimum absolute atomic E-state index is 0.199. The highest BCUT2D eigenvalue weighted by Gasteiger charge is 2.54. The van der Waals surface area contributed by atoms with Gasteiger partial charge in [0, 0.05) is 11.8 Å². The van der Waals surface area contributed by atoms with Crippen LogP contribution in [0.15, 0.2) is 11.6 Å². The van der Waals surface area contributed by atoms with Gasteiger partial charge in [0.15, 0.2) is 5.78 Å². The molecule has 0 amide bonds. The first-order valence-corrected chi connectivity index (χ1v) is 10.2. The summed E-state index contributed by atoms with van der Waals surface area (Å²) in [5.41, 5.74) is 3.16. The Hall–Kier alpha value is -0.853. The van der Waals surface area contributed by atoms with Crippen LogP contribution in [0, 0.1) is 16.9 Å². The van der Waals surface area contributed by atoms with E-state index in [0.717, 1.165) is 18.4 Å². The standard InChI is InChI=1S/C15H22O2Si/c1-14-7-6-13(16)11-12(14)5-8-15(14,17)9-10-18(2,3)4/h11,17H,5-8H2,1-4H3/t14-,15+/m0/s1. The van der Waals surface area contributed by atoms with Gasteiger partial charge in [-0.25, -0.2) is 0 Å². The second-order valence-electron chi connectivity index (χ2n) is 6.83. The van der Waals surface area contributed by atoms with Crippen LogP contribution in [0.5, 0.6) is 0 Å². The van der Waals surface area contributed by atoms with Crippen molar-refractivity contribution < 1.29 is 9.90 Å². The number of aliphatic hydroxyl groups is 1. The molecule has 2 nitrogen and oxygen atoms in total. The number of hydrogen-bond acceptors (Lipinski definition) is 2. The summed E-state index contributed by atoms with van der Waals surface area (Å²) in [6.07, 6.45) is 4.49. The number of hydrogen-bond donors (Lipinski definition) is 1. The Kier molecular flexibility index (Phi) is 3.07. The van der Waals surface area contributed by atoms with Gasteiger partial charge >= 0.3 is 0 Å². The highest BCUT2D eigenvalue weighted by atomic mass is 28.3. The van der Waals surface area contributed by atoms with Crippen LogP contribution in [0.2, 0.25) is 19.6 Å². The van der Waals surface area contributed by atoms with Crippen LogP contribution < -0.4 is 0 Å². The monoisotopic (exact) mass is 262 g/mol. The van der Waals surface area contributed by atoms with Crippen LogP contribution in [0.4, 0.5) is 0 Å². The predicted molar refractivity (Wildman–Crippen MR) is 75.7 cm³/mol. The molecule has 1 N–H and O–H groups in total. The Morgan fingerprint density at radius 3 is 2.56 bits per heavy atom. The lowest BCUT2D eigenvalue weighted by molar-refractivity contribution is -0.116. The molecule has 2 atom stereocenters. The van der Waals surface area contributed by atoms with Gasteiger partial charge in [-0.2, -0.15) is 0 Å². The summed E-state index contributed by atoms with van der Waals surface area (Å²) in [7, 11) is -1.48. The predicted octanol–water partition coefficient (Wildman–Crippen LogP) is 2.69. The summed E-state index contributed by atoms with van der Waals surface area (Å²) in [6, 6.07) is 0. The second kappa shape index (κ2) is 4.08. The van der Waals surface area contributed by atoms with Crippen molar-refractivity contribution in [2.24, 2.45) is 5.41 Å². The zero-order valence-corrected chi connectivity index (χ0v) is 12.8. The van der Waals surface area contributed by atoms with Gasteiger partial charge in [0.1, 0.15) is 13.7 Å². The van der Waals surface area contributed by atoms with Crippen molar-refractivity contribution in [1.29, 1.82) is 0 Å². The first-order valence-electron chi connectivity index (χ1n) is 6.67. The van der Waals surface area contributed by atoms with E-state index in [9.17, 15) is 9.90 Å². The molecule has 98 valence electrons. The summed E-state index contributed by atoms with van der Waals surface area (Å²) in [4.78, 5) is 11.5. The van der Waals surface area contributed by atoms with Gasteiger partial charge in [0.05, 0.1) is 0 Å². The van der Waals surface area contributed by atoms with E-state index in [2.05, 4.69) is 38.0 Å². The molecule has 0 aromatic heterocycles. The minimum atomic E-state index is -1.48. The van der Waals surface area contributed by atoms with Crippen molar-refractivity contribution in [1.82, 2.24) is 0 Å². The molecule has 0 bridgehead atoms. The molecule has 2 aliphatic rings. The number of carbonyl (C=O) groups excluding carboxylic acids is 1. The molecule has 0 radical (unpaired) electrons. The first-order chi connectivity index (χ1) is 8.16. The van der Waals surface area contributed by atoms with Gasteiger partial charge in [0.2, 0.25) is 0 Å². The molecule has 0 aliphatic heterocycles. The largest absolute Gasteiger partial charge is 0.377 e. The zero-order valence-electron chi connectivity index (χ0n) is 11.8. The summed E-state index contributed by atoms with van der Waals surface area (Å²) in [5, 5.41) is 10.9. The van der Waals surface area contributed by atoms with Crippen LogP contribution >= 0.6 is 0 Å². The number of carbonyl (C=O) groups is 1. The van der Waals surface area contributed by atoms with Gasteiger partial charge < -0.3 is 5.11 Å². The average Bonchev–Trinajstić information content (AvgIpc) is 2.50. The fourth-order valence-electron chi connectivity index (χ4n) is 2.86. The third-order valence-corrected chi connectivity index (χ3v) is 5.10. The van der Waals surface area contributed by atoms with Crippen molar-refractivity contribution in [2.45, 2.75) is 57.8 Å². The molecule has 18 heavy (non-hydrogen) atoms. The highest BCUT2D eigenvalue weighted by molar-refractivity contribution is 6.83. The minimum Gasteiger partial charge on any atom is -0.377 e. The van der Waals surface area contributed by atoms with Crippen LogP contribution in [0.3, 0.4) is 0 Å². The molecule has 2 aliphatic carbocycles. The highest BCUT2D eigenvalue weighted by Crippen LogP contribution is 2.54. The molecule has 3 heteroatoms. The van der Waals surface area contributed by atoms with Crippen LogP contribution in [0.25, 0.3) is 0 Å². The Bertz CT molecular complexity index is 475. The van der Waals surface area contributed by atoms with Gasteiger partial charge in [-0.1, -0.05) is 38.1 Å². The molecule has 2 rings (SSSR count). The molecule has 0 heterocycles. The van der Waals surface area contributed by atoms with Crippen LogP contribution in [-0.4, -0.2) is 24.6 Å². The molecule has 0 spiro atoms. The Balaban J connectivity index is 2.39. The second-order valence-corrected chi connectivity index (χ2v) is 11.6. The van der Waals surface area contributed by atoms with E-state index in [-0.39, 0.29) is 11.2 Å². The van der Waals surface area contributed by atoms with E-state index < -0.39 is 13.7 Å². The fourth-order valence-corrected chi connectivity index (χ4v) is 3.44. The maximum absolute atomic E-state index is 11.5. The van der Waals surface area contributed by atoms with Crippen molar-refractivity contribution in [3.8, 4) is 11.5 Å². The van der Waals surface area contributed by atoms with Crippen LogP contribution in [0.1, 0.15) is 32.6 Å². The lowest BCUT2D eigenvalue weighted by Gasteiger charge is -2.39. The molecule has 0 unspecified atom stereocenters. The molecular weight excluding hydrogens is 240 g/mol. The maximum atomic E-state index is 11.5. The molecule has 0 aromatic rings. The van der Waals surface area contributed by atoms with Gasteiger partial charge in [0.25, 0.3) is 0 Å². The van der Waals surface area contributed by atoms with Gasteiger partial charge in [-0.05, 0) is 25.3 Å². The quantitative estimate of drug-likeness (QED) is 0.538. The third-order valence-electron chi connectivity index (χ3n) is 4.23. The van der Waals surface area contributed by atoms with Gasteiger partial charge in [-0.15, -0.1) is 5.54 Å². The SMILES string of the molecule is C[C@]12CCC(=O)C=C1CC[C@@]2(O)C#C[Si](C)(C)C. The fraction of sp³-hybridized carbons (Fsp3) is 0.667. The summed E-state index contributed by atoms with van der Waals surface area (Å²) in [5.74, 6) is 3.37. The molecule has 1 fully saturated rings. The van der Waals surface area contributed by atoms with E-state index >= 15 is 0 Å². The van der Waals surface area contributed by atoms with Crippen molar-refractivity contribution >= 4 is 13.9 Å². The Morgan fingerprint density at radius 2 is 1.94 bits per heavy atom. The van der Waals surface area contributed by atoms with E-state index in [0.29, 0.717) is 12.8 Å². The third kappa shape index (κ3) is 2.20. The van der Waals surface area contributed by atoms with Crippen molar-refractivity contribution in [3.63, 3.8) is 0 Å². The number of rotatable bonds is 0. The lowest BCUT2D eigenvalue weighted by Crippen LogP contribution is -2.43.